The summed E-state index contributed by atoms with van der Waals surface area (Å²) in [4.78, 5) is 167. The maximum atomic E-state index is 15.1. The van der Waals surface area contributed by atoms with Gasteiger partial charge in [0.15, 0.2) is 0 Å². The van der Waals surface area contributed by atoms with Gasteiger partial charge in [-0.05, 0) is 124 Å². The van der Waals surface area contributed by atoms with Crippen LogP contribution in [-0.2, 0) is 75.2 Å². The number of anilines is 1. The first-order valence-corrected chi connectivity index (χ1v) is 37.6. The van der Waals surface area contributed by atoms with Gasteiger partial charge in [-0.2, -0.15) is 0 Å². The molecule has 2 aromatic carbocycles. The molecule has 12 atom stereocenters. The van der Waals surface area contributed by atoms with Gasteiger partial charge in [-0.25, -0.2) is 18.4 Å². The fourth-order valence-corrected chi connectivity index (χ4v) is 15.3. The first-order valence-electron chi connectivity index (χ1n) is 36.6. The number of amides is 13. The van der Waals surface area contributed by atoms with Crippen molar-refractivity contribution in [3.05, 3.63) is 65.2 Å². The number of unbranched alkanes of at least 4 members (excludes halogenated alkanes) is 2. The van der Waals surface area contributed by atoms with Crippen LogP contribution in [0.2, 0.25) is 0 Å². The standard InChI is InChI=1S/C74H115F2N13O15S/c1-15-45(8)64(87(12)71(99)62(43(4)5)85-69(97)63(44(6)7)86(10)11)55(102-13)36-59(92)89-39-49(35-54(89)65(103-14)46(9)66(94)79-33-29-50-51(75)21-19-22-52(50)76)82-73(101)104-40-47-25-27-48(28-26-47)81-67(95)53(23-20-32-80-72(78)100)83-68(96)61(42(2)3)84-58(91)24-17-16-18-34-88-60(93)37-56(70(88)98)105-41-74(30-31-74)38-57(77)90/h19,21-22,25-28,42-46,49,53-56,61-65H,15-18,20,23-24,29-41H2,1-14H3,(H2,77,90)(H,79,94)(H,81,95)(H,82,101)(H,83,96)(H,84,91)(H,85,97)(H3,78,80,100)/t45-,46+,49-,53-,54-,55+,56?,61-,62-,63-,64-,65+/m0/s1. The van der Waals surface area contributed by atoms with Gasteiger partial charge in [0, 0.05) is 83.7 Å². The molecular formula is C74H115F2N13O15S. The zero-order chi connectivity index (χ0) is 78.2. The molecule has 0 aromatic heterocycles. The van der Waals surface area contributed by atoms with Crippen molar-refractivity contribution in [2.24, 2.45) is 46.5 Å². The lowest BCUT2D eigenvalue weighted by atomic mass is 9.89. The predicted octanol–water partition coefficient (Wildman–Crippen LogP) is 5.27. The van der Waals surface area contributed by atoms with Crippen LogP contribution in [0.4, 0.5) is 24.1 Å². The maximum Gasteiger partial charge on any atom is 0.407 e. The summed E-state index contributed by atoms with van der Waals surface area (Å²) < 4.78 is 47.0. The minimum Gasteiger partial charge on any atom is -0.445 e. The number of likely N-dealkylation sites (N-methyl/N-ethyl adjacent to an activating group) is 2. The number of nitrogens with two attached hydrogens (primary N) is 2. The lowest BCUT2D eigenvalue weighted by Crippen LogP contribution is -2.59. The highest BCUT2D eigenvalue weighted by atomic mass is 32.2. The van der Waals surface area contributed by atoms with Gasteiger partial charge in [0.1, 0.15) is 36.4 Å². The van der Waals surface area contributed by atoms with Crippen LogP contribution >= 0.6 is 11.8 Å². The highest BCUT2D eigenvalue weighted by molar-refractivity contribution is 8.00. The summed E-state index contributed by atoms with van der Waals surface area (Å²) in [5.41, 5.74) is 11.1. The van der Waals surface area contributed by atoms with Gasteiger partial charge in [0.05, 0.1) is 54.0 Å². The van der Waals surface area contributed by atoms with Crippen LogP contribution in [0.15, 0.2) is 42.5 Å². The SMILES string of the molecule is CC[C@H](C)[C@@H]([C@@H](CC(=O)N1C[C@@H](NC(=O)OCc2ccc(NC(=O)[C@H](CCCNC(N)=O)NC(=O)[C@@H](NC(=O)CCCCCN3C(=O)CC(SCC4(CC(N)=O)CC4)C3=O)C(C)C)cc2)C[C@H]1[C@H](OC)[C@@H](C)C(=O)NCCc1c(F)cccc1F)OC)N(C)C(=O)[C@@H](NC(=O)[C@H](C(C)C)N(C)C)C(C)C. The second-order valence-corrected chi connectivity index (χ2v) is 30.7. The number of carbonyl (C=O) groups is 12. The Morgan fingerprint density at radius 2 is 1.41 bits per heavy atom. The monoisotopic (exact) mass is 1500 g/mol. The second kappa shape index (κ2) is 41.8. The van der Waals surface area contributed by atoms with Crippen LogP contribution < -0.4 is 48.7 Å². The average Bonchev–Trinajstić information content (AvgIpc) is 1.58. The van der Waals surface area contributed by atoms with E-state index in [1.54, 1.807) is 76.0 Å². The molecular weight excluding hydrogens is 1380 g/mol. The molecule has 0 bridgehead atoms. The Kier molecular flexibility index (Phi) is 34.8. The molecule has 2 aliphatic heterocycles. The number of imide groups is 1. The number of thioether (sulfide) groups is 1. The lowest BCUT2D eigenvalue weighted by molar-refractivity contribution is -0.148. The minimum absolute atomic E-state index is 0.0469. The Morgan fingerprint density at radius 1 is 0.752 bits per heavy atom. The van der Waals surface area contributed by atoms with E-state index in [0.717, 1.165) is 25.0 Å². The van der Waals surface area contributed by atoms with Crippen LogP contribution in [0, 0.1) is 46.6 Å². The summed E-state index contributed by atoms with van der Waals surface area (Å²) >= 11 is 1.40. The number of nitrogens with zero attached hydrogens (tertiary/aromatic N) is 4. The number of benzene rings is 2. The molecule has 28 nitrogen and oxygen atoms in total. The van der Waals surface area contributed by atoms with Crippen molar-refractivity contribution < 1.29 is 80.5 Å². The first-order chi connectivity index (χ1) is 49.6. The van der Waals surface area contributed by atoms with Crippen LogP contribution in [0.1, 0.15) is 157 Å². The zero-order valence-electron chi connectivity index (χ0n) is 63.6. The summed E-state index contributed by atoms with van der Waals surface area (Å²) in [6, 6.07) is 3.10. The fraction of sp³-hybridized carbons (Fsp3) is 0.676. The van der Waals surface area contributed by atoms with Gasteiger partial charge in [-0.1, -0.05) is 93.4 Å². The number of primary amides is 2. The van der Waals surface area contributed by atoms with E-state index >= 15 is 4.79 Å². The van der Waals surface area contributed by atoms with E-state index in [2.05, 4.69) is 37.2 Å². The van der Waals surface area contributed by atoms with E-state index in [1.807, 2.05) is 41.5 Å². The highest BCUT2D eigenvalue weighted by Gasteiger charge is 2.48. The summed E-state index contributed by atoms with van der Waals surface area (Å²) in [7, 11) is 8.06. The van der Waals surface area contributed by atoms with Crippen molar-refractivity contribution in [1.82, 2.24) is 51.5 Å². The van der Waals surface area contributed by atoms with E-state index in [4.69, 9.17) is 25.7 Å². The molecule has 11 N–H and O–H groups in total. The third-order valence-corrected chi connectivity index (χ3v) is 21.6. The molecule has 0 spiro atoms. The van der Waals surface area contributed by atoms with E-state index in [1.165, 1.54) is 41.8 Å². The Labute approximate surface area is 620 Å². The number of rotatable bonds is 44. The Hall–Kier alpha value is -8.03. The minimum atomic E-state index is -1.16. The zero-order valence-corrected chi connectivity index (χ0v) is 64.4. The van der Waals surface area contributed by atoms with E-state index in [9.17, 15) is 61.5 Å². The molecule has 31 heteroatoms. The molecule has 3 fully saturated rings. The molecule has 5 rings (SSSR count). The molecule has 1 aliphatic carbocycles. The average molecular weight is 1500 g/mol. The molecule has 586 valence electrons. The van der Waals surface area contributed by atoms with Crippen molar-refractivity contribution in [2.75, 3.05) is 72.6 Å². The molecule has 13 amide bonds. The van der Waals surface area contributed by atoms with Crippen molar-refractivity contribution in [2.45, 2.75) is 219 Å². The van der Waals surface area contributed by atoms with Crippen molar-refractivity contribution in [3.8, 4) is 0 Å². The maximum absolute atomic E-state index is 15.1. The quantitative estimate of drug-likeness (QED) is 0.0301. The predicted molar refractivity (Wildman–Crippen MR) is 393 cm³/mol. The van der Waals surface area contributed by atoms with Crippen LogP contribution in [0.5, 0.6) is 0 Å². The van der Waals surface area contributed by atoms with Crippen LogP contribution in [0.3, 0.4) is 0 Å². The fourth-order valence-electron chi connectivity index (χ4n) is 13.8. The number of nitrogens with one attached hydrogen (secondary N) is 7. The van der Waals surface area contributed by atoms with E-state index in [0.29, 0.717) is 42.7 Å². The number of likely N-dealkylation sites (tertiary alicyclic amines) is 2. The number of hydrogen-bond donors (Lipinski definition) is 9. The van der Waals surface area contributed by atoms with E-state index in [-0.39, 0.29) is 142 Å². The number of alkyl carbamates (subject to hydrolysis) is 1. The third-order valence-electron chi connectivity index (χ3n) is 20.1. The smallest absolute Gasteiger partial charge is 0.407 e. The molecule has 105 heavy (non-hydrogen) atoms. The van der Waals surface area contributed by atoms with Gasteiger partial charge in [0.2, 0.25) is 59.1 Å². The highest BCUT2D eigenvalue weighted by Crippen LogP contribution is 2.52. The van der Waals surface area contributed by atoms with Crippen molar-refractivity contribution in [1.29, 1.82) is 0 Å². The molecule has 1 unspecified atom stereocenters. The summed E-state index contributed by atoms with van der Waals surface area (Å²) in [6.45, 7) is 16.3. The van der Waals surface area contributed by atoms with Gasteiger partial charge in [-0.3, -0.25) is 57.7 Å². The van der Waals surface area contributed by atoms with Gasteiger partial charge >= 0.3 is 12.1 Å². The molecule has 2 aromatic rings. The Bertz CT molecular complexity index is 3280. The van der Waals surface area contributed by atoms with Gasteiger partial charge in [0.25, 0.3) is 0 Å². The normalized spacial score (nSPS) is 18.8. The van der Waals surface area contributed by atoms with Crippen molar-refractivity contribution >= 4 is 88.6 Å². The van der Waals surface area contributed by atoms with Gasteiger partial charge < -0.3 is 72.7 Å². The summed E-state index contributed by atoms with van der Waals surface area (Å²) in [5.74, 6) is -7.13. The molecule has 2 heterocycles. The lowest BCUT2D eigenvalue weighted by Gasteiger charge is -2.41. The molecule has 2 saturated heterocycles. The first kappa shape index (κ1) is 87.6. The number of halogens is 2. The Morgan fingerprint density at radius 3 is 1.98 bits per heavy atom. The number of methoxy groups -OCH3 is 2. The second-order valence-electron chi connectivity index (χ2n) is 29.5. The topological polar surface area (TPSA) is 382 Å². The number of hydrogen-bond acceptors (Lipinski definition) is 17. The molecule has 3 aliphatic rings. The van der Waals surface area contributed by atoms with Crippen LogP contribution in [0.25, 0.3) is 0 Å². The Balaban J connectivity index is 1.23. The van der Waals surface area contributed by atoms with Gasteiger partial charge in [-0.15, -0.1) is 11.8 Å². The summed E-state index contributed by atoms with van der Waals surface area (Å²) in [5, 5.41) is 18.9. The third kappa shape index (κ3) is 26.2. The number of ether oxygens (including phenoxy) is 3. The summed E-state index contributed by atoms with van der Waals surface area (Å²) in [6.07, 6.45) is 1.28. The van der Waals surface area contributed by atoms with Crippen molar-refractivity contribution in [3.63, 3.8) is 0 Å². The number of urea groups is 1. The molecule has 0 radical (unpaired) electrons. The largest absolute Gasteiger partial charge is 0.445 e. The van der Waals surface area contributed by atoms with E-state index < -0.39 is 125 Å². The number of carbonyl (C=O) groups excluding carboxylic acids is 12. The molecule has 1 saturated carbocycles. The van der Waals surface area contributed by atoms with Crippen LogP contribution in [-0.4, -0.2) is 218 Å².